The van der Waals surface area contributed by atoms with Crippen LogP contribution in [0.5, 0.6) is 0 Å². The molecule has 2 aromatic carbocycles. The summed E-state index contributed by atoms with van der Waals surface area (Å²) in [7, 11) is -3.51. The van der Waals surface area contributed by atoms with Gasteiger partial charge in [0.15, 0.2) is 0 Å². The maximum absolute atomic E-state index is 12.0. The highest BCUT2D eigenvalue weighted by Crippen LogP contribution is 2.15. The summed E-state index contributed by atoms with van der Waals surface area (Å²) in [4.78, 5) is 0.171. The minimum atomic E-state index is -3.51. The highest BCUT2D eigenvalue weighted by atomic mass is 35.5. The van der Waals surface area contributed by atoms with Crippen molar-refractivity contribution in [3.63, 3.8) is 0 Å². The van der Waals surface area contributed by atoms with Gasteiger partial charge in [0.25, 0.3) is 0 Å². The van der Waals surface area contributed by atoms with Crippen molar-refractivity contribution in [3.05, 3.63) is 65.2 Å². The van der Waals surface area contributed by atoms with Gasteiger partial charge in [-0.3, -0.25) is 0 Å². The Morgan fingerprint density at radius 1 is 1.05 bits per heavy atom. The zero-order valence-corrected chi connectivity index (χ0v) is 13.6. The predicted molar refractivity (Wildman–Crippen MR) is 87.4 cm³/mol. The first-order chi connectivity index (χ1) is 10.6. The molecule has 0 aliphatic rings. The lowest BCUT2D eigenvalue weighted by molar-refractivity contribution is 0.119. The van der Waals surface area contributed by atoms with E-state index in [2.05, 4.69) is 4.72 Å². The van der Waals surface area contributed by atoms with E-state index in [1.807, 2.05) is 30.3 Å². The van der Waals surface area contributed by atoms with Crippen LogP contribution in [0.25, 0.3) is 0 Å². The van der Waals surface area contributed by atoms with Crippen LogP contribution < -0.4 is 4.72 Å². The highest BCUT2D eigenvalue weighted by molar-refractivity contribution is 7.89. The lowest BCUT2D eigenvalue weighted by Gasteiger charge is -2.08. The van der Waals surface area contributed by atoms with E-state index in [1.54, 1.807) is 12.1 Å². The molecule has 0 aliphatic carbocycles. The summed E-state index contributed by atoms with van der Waals surface area (Å²) in [6, 6.07) is 16.0. The predicted octanol–water partition coefficient (Wildman–Crippen LogP) is 3.23. The van der Waals surface area contributed by atoms with E-state index in [-0.39, 0.29) is 4.90 Å². The van der Waals surface area contributed by atoms with E-state index < -0.39 is 10.0 Å². The Labute approximate surface area is 136 Å². The fourth-order valence-electron chi connectivity index (χ4n) is 1.86. The Morgan fingerprint density at radius 3 is 2.55 bits per heavy atom. The van der Waals surface area contributed by atoms with Crippen molar-refractivity contribution in [2.45, 2.75) is 17.9 Å². The van der Waals surface area contributed by atoms with Gasteiger partial charge in [-0.25, -0.2) is 13.1 Å². The molecule has 0 atom stereocenters. The van der Waals surface area contributed by atoms with E-state index in [0.717, 1.165) is 5.56 Å². The molecule has 0 amide bonds. The van der Waals surface area contributed by atoms with Gasteiger partial charge in [-0.2, -0.15) is 0 Å². The largest absolute Gasteiger partial charge is 0.377 e. The normalized spacial score (nSPS) is 11.5. The average molecular weight is 340 g/mol. The van der Waals surface area contributed by atoms with Crippen LogP contribution in [0.3, 0.4) is 0 Å². The first-order valence-corrected chi connectivity index (χ1v) is 8.81. The van der Waals surface area contributed by atoms with Crippen LogP contribution in [0.2, 0.25) is 5.02 Å². The Balaban J connectivity index is 1.70. The average Bonchev–Trinajstić information content (AvgIpc) is 2.52. The summed E-state index contributed by atoms with van der Waals surface area (Å²) in [6.07, 6.45) is 0.604. The van der Waals surface area contributed by atoms with Gasteiger partial charge in [0, 0.05) is 18.2 Å². The minimum Gasteiger partial charge on any atom is -0.377 e. The van der Waals surface area contributed by atoms with E-state index in [4.69, 9.17) is 16.3 Å². The zero-order chi connectivity index (χ0) is 15.8. The van der Waals surface area contributed by atoms with E-state index in [1.165, 1.54) is 12.1 Å². The Bertz CT molecular complexity index is 690. The Morgan fingerprint density at radius 2 is 1.82 bits per heavy atom. The zero-order valence-electron chi connectivity index (χ0n) is 12.0. The molecular formula is C16H18ClNO3S. The number of hydrogen-bond donors (Lipinski definition) is 1. The van der Waals surface area contributed by atoms with Crippen molar-refractivity contribution in [3.8, 4) is 0 Å². The molecule has 0 unspecified atom stereocenters. The molecular weight excluding hydrogens is 322 g/mol. The van der Waals surface area contributed by atoms with Gasteiger partial charge in [0.05, 0.1) is 11.5 Å². The lowest BCUT2D eigenvalue weighted by atomic mass is 10.2. The van der Waals surface area contributed by atoms with Gasteiger partial charge >= 0.3 is 0 Å². The van der Waals surface area contributed by atoms with Crippen molar-refractivity contribution in [2.75, 3.05) is 13.2 Å². The molecule has 2 aromatic rings. The van der Waals surface area contributed by atoms with Crippen LogP contribution in [0, 0.1) is 0 Å². The molecule has 2 rings (SSSR count). The summed E-state index contributed by atoms with van der Waals surface area (Å²) >= 11 is 5.80. The molecule has 0 saturated heterocycles. The lowest BCUT2D eigenvalue weighted by Crippen LogP contribution is -2.25. The molecule has 0 aliphatic heterocycles. The van der Waals surface area contributed by atoms with Crippen LogP contribution in [-0.4, -0.2) is 21.6 Å². The molecule has 0 spiro atoms. The van der Waals surface area contributed by atoms with Crippen LogP contribution in [0.4, 0.5) is 0 Å². The molecule has 0 fully saturated rings. The van der Waals surface area contributed by atoms with E-state index in [0.29, 0.717) is 31.2 Å². The van der Waals surface area contributed by atoms with Gasteiger partial charge < -0.3 is 4.74 Å². The number of sulfonamides is 1. The smallest absolute Gasteiger partial charge is 0.240 e. The fourth-order valence-corrected chi connectivity index (χ4v) is 3.24. The van der Waals surface area contributed by atoms with Crippen LogP contribution in [-0.2, 0) is 21.4 Å². The number of ether oxygens (including phenoxy) is 1. The molecule has 0 saturated carbocycles. The highest BCUT2D eigenvalue weighted by Gasteiger charge is 2.13. The quantitative estimate of drug-likeness (QED) is 0.751. The summed E-state index contributed by atoms with van der Waals surface area (Å²) < 4.78 is 32.1. The summed E-state index contributed by atoms with van der Waals surface area (Å²) in [5.41, 5.74) is 1.10. The summed E-state index contributed by atoms with van der Waals surface area (Å²) in [5.74, 6) is 0. The third-order valence-electron chi connectivity index (χ3n) is 2.98. The Hall–Kier alpha value is -1.40. The van der Waals surface area contributed by atoms with Crippen molar-refractivity contribution in [1.29, 1.82) is 0 Å². The second-order valence-corrected chi connectivity index (χ2v) is 6.95. The van der Waals surface area contributed by atoms with Crippen molar-refractivity contribution in [2.24, 2.45) is 0 Å². The number of halogens is 1. The molecule has 22 heavy (non-hydrogen) atoms. The first kappa shape index (κ1) is 17.0. The first-order valence-electron chi connectivity index (χ1n) is 6.95. The van der Waals surface area contributed by atoms with Gasteiger partial charge in [-0.15, -0.1) is 0 Å². The number of nitrogens with one attached hydrogen (secondary N) is 1. The van der Waals surface area contributed by atoms with Crippen molar-refractivity contribution >= 4 is 21.6 Å². The third-order valence-corrected chi connectivity index (χ3v) is 4.67. The maximum Gasteiger partial charge on any atom is 0.240 e. The van der Waals surface area contributed by atoms with E-state index >= 15 is 0 Å². The SMILES string of the molecule is O=S(=O)(NCCCOCc1ccccc1)c1cccc(Cl)c1. The van der Waals surface area contributed by atoms with Crippen LogP contribution >= 0.6 is 11.6 Å². The summed E-state index contributed by atoms with van der Waals surface area (Å²) in [5, 5.41) is 0.397. The molecule has 0 aromatic heterocycles. The van der Waals surface area contributed by atoms with Crippen molar-refractivity contribution < 1.29 is 13.2 Å². The molecule has 0 radical (unpaired) electrons. The minimum absolute atomic E-state index is 0.171. The molecule has 6 heteroatoms. The number of hydrogen-bond acceptors (Lipinski definition) is 3. The fraction of sp³-hybridized carbons (Fsp3) is 0.250. The van der Waals surface area contributed by atoms with Gasteiger partial charge in [0.1, 0.15) is 0 Å². The maximum atomic E-state index is 12.0. The number of benzene rings is 2. The van der Waals surface area contributed by atoms with Gasteiger partial charge in [-0.1, -0.05) is 48.0 Å². The molecule has 0 heterocycles. The molecule has 1 N–H and O–H groups in total. The topological polar surface area (TPSA) is 55.4 Å². The van der Waals surface area contributed by atoms with Gasteiger partial charge in [0.2, 0.25) is 10.0 Å². The standard InChI is InChI=1S/C16H18ClNO3S/c17-15-8-4-9-16(12-15)22(19,20)18-10-5-11-21-13-14-6-2-1-3-7-14/h1-4,6-9,12,18H,5,10-11,13H2. The second kappa shape index (κ2) is 8.29. The Kier molecular flexibility index (Phi) is 6.39. The molecule has 118 valence electrons. The third kappa shape index (κ3) is 5.42. The van der Waals surface area contributed by atoms with Crippen LogP contribution in [0.15, 0.2) is 59.5 Å². The summed E-state index contributed by atoms with van der Waals surface area (Å²) in [6.45, 7) is 1.35. The van der Waals surface area contributed by atoms with E-state index in [9.17, 15) is 8.42 Å². The molecule has 4 nitrogen and oxygen atoms in total. The van der Waals surface area contributed by atoms with Crippen LogP contribution in [0.1, 0.15) is 12.0 Å². The number of rotatable bonds is 8. The monoisotopic (exact) mass is 339 g/mol. The van der Waals surface area contributed by atoms with Gasteiger partial charge in [-0.05, 0) is 30.2 Å². The second-order valence-electron chi connectivity index (χ2n) is 4.75. The molecule has 0 bridgehead atoms. The van der Waals surface area contributed by atoms with Crippen molar-refractivity contribution in [1.82, 2.24) is 4.72 Å².